The van der Waals surface area contributed by atoms with E-state index in [0.29, 0.717) is 18.7 Å². The number of rotatable bonds is 0. The standard InChI is InChI=1S/C11H12BrN3O2/c1-13-11(16)15-5-4-9(14-17)8-6-7(12)2-3-10(8)15/h2-3,6,17H,4-5H2,1H3,(H,13,16). The molecule has 0 aromatic heterocycles. The third-order valence-electron chi connectivity index (χ3n) is 2.71. The van der Waals surface area contributed by atoms with Crippen LogP contribution in [-0.2, 0) is 0 Å². The molecule has 1 aromatic carbocycles. The monoisotopic (exact) mass is 297 g/mol. The normalized spacial score (nSPS) is 16.8. The van der Waals surface area contributed by atoms with Crippen LogP contribution in [-0.4, -0.2) is 30.5 Å². The maximum atomic E-state index is 11.7. The molecule has 2 rings (SSSR count). The zero-order valence-corrected chi connectivity index (χ0v) is 10.9. The first kappa shape index (κ1) is 11.9. The van der Waals surface area contributed by atoms with Crippen molar-refractivity contribution in [1.82, 2.24) is 5.32 Å². The Morgan fingerprint density at radius 3 is 3.00 bits per heavy atom. The summed E-state index contributed by atoms with van der Waals surface area (Å²) in [5.74, 6) is 0. The Kier molecular flexibility index (Phi) is 3.33. The molecule has 0 unspecified atom stereocenters. The predicted molar refractivity (Wildman–Crippen MR) is 68.9 cm³/mol. The summed E-state index contributed by atoms with van der Waals surface area (Å²) in [6.45, 7) is 0.508. The van der Waals surface area contributed by atoms with E-state index >= 15 is 0 Å². The van der Waals surface area contributed by atoms with E-state index in [9.17, 15) is 4.79 Å². The van der Waals surface area contributed by atoms with Gasteiger partial charge in [-0.05, 0) is 18.2 Å². The molecule has 2 N–H and O–H groups in total. The fraction of sp³-hybridized carbons (Fsp3) is 0.273. The van der Waals surface area contributed by atoms with Gasteiger partial charge in [-0.3, -0.25) is 4.90 Å². The Bertz CT molecular complexity index is 488. The van der Waals surface area contributed by atoms with Crippen molar-refractivity contribution in [2.24, 2.45) is 5.16 Å². The molecule has 90 valence electrons. The summed E-state index contributed by atoms with van der Waals surface area (Å²) in [5.41, 5.74) is 2.13. The van der Waals surface area contributed by atoms with Crippen LogP contribution in [0, 0.1) is 0 Å². The molecule has 5 nitrogen and oxygen atoms in total. The molecule has 1 aliphatic rings. The van der Waals surface area contributed by atoms with Gasteiger partial charge in [0.15, 0.2) is 0 Å². The van der Waals surface area contributed by atoms with Crippen molar-refractivity contribution in [2.75, 3.05) is 18.5 Å². The highest BCUT2D eigenvalue weighted by molar-refractivity contribution is 9.10. The van der Waals surface area contributed by atoms with Crippen molar-refractivity contribution in [1.29, 1.82) is 0 Å². The second-order valence-corrected chi connectivity index (χ2v) is 4.58. The van der Waals surface area contributed by atoms with Gasteiger partial charge in [0.1, 0.15) is 0 Å². The molecule has 0 bridgehead atoms. The Hall–Kier alpha value is -1.56. The number of nitrogens with zero attached hydrogens (tertiary/aromatic N) is 2. The third kappa shape index (κ3) is 2.12. The molecule has 0 saturated heterocycles. The molecule has 1 heterocycles. The van der Waals surface area contributed by atoms with Crippen molar-refractivity contribution in [3.63, 3.8) is 0 Å². The zero-order valence-electron chi connectivity index (χ0n) is 9.27. The molecule has 1 aliphatic heterocycles. The minimum Gasteiger partial charge on any atom is -0.411 e. The lowest BCUT2D eigenvalue weighted by atomic mass is 10.00. The highest BCUT2D eigenvalue weighted by Gasteiger charge is 2.25. The molecule has 0 fully saturated rings. The Labute approximate surface area is 107 Å². The van der Waals surface area contributed by atoms with Crippen LogP contribution < -0.4 is 10.2 Å². The Morgan fingerprint density at radius 1 is 1.59 bits per heavy atom. The highest BCUT2D eigenvalue weighted by Crippen LogP contribution is 2.30. The van der Waals surface area contributed by atoms with Crippen LogP contribution in [0.4, 0.5) is 10.5 Å². The van der Waals surface area contributed by atoms with E-state index in [0.717, 1.165) is 15.7 Å². The molecule has 0 atom stereocenters. The number of amides is 2. The van der Waals surface area contributed by atoms with Crippen LogP contribution in [0.2, 0.25) is 0 Å². The van der Waals surface area contributed by atoms with E-state index in [2.05, 4.69) is 26.4 Å². The number of nitrogens with one attached hydrogen (secondary N) is 1. The van der Waals surface area contributed by atoms with E-state index in [1.807, 2.05) is 18.2 Å². The second kappa shape index (κ2) is 4.75. The van der Waals surface area contributed by atoms with Gasteiger partial charge in [-0.25, -0.2) is 4.79 Å². The van der Waals surface area contributed by atoms with Gasteiger partial charge in [0, 0.05) is 30.0 Å². The van der Waals surface area contributed by atoms with Crippen molar-refractivity contribution >= 4 is 33.4 Å². The molecule has 0 aliphatic carbocycles. The van der Waals surface area contributed by atoms with Crippen LogP contribution in [0.15, 0.2) is 27.8 Å². The average molecular weight is 298 g/mol. The lowest BCUT2D eigenvalue weighted by molar-refractivity contribution is 0.248. The molecular formula is C11H12BrN3O2. The average Bonchev–Trinajstić information content (AvgIpc) is 2.36. The number of anilines is 1. The number of urea groups is 1. The summed E-state index contributed by atoms with van der Waals surface area (Å²) in [6.07, 6.45) is 0.535. The minimum atomic E-state index is -0.162. The topological polar surface area (TPSA) is 64.9 Å². The van der Waals surface area contributed by atoms with E-state index < -0.39 is 0 Å². The summed E-state index contributed by atoms with van der Waals surface area (Å²) in [7, 11) is 1.59. The van der Waals surface area contributed by atoms with Crippen LogP contribution in [0.1, 0.15) is 12.0 Å². The smallest absolute Gasteiger partial charge is 0.321 e. The number of carbonyl (C=O) groups is 1. The van der Waals surface area contributed by atoms with Crippen molar-refractivity contribution in [2.45, 2.75) is 6.42 Å². The summed E-state index contributed by atoms with van der Waals surface area (Å²) >= 11 is 3.37. The predicted octanol–water partition coefficient (Wildman–Crippen LogP) is 2.18. The van der Waals surface area contributed by atoms with Gasteiger partial charge in [-0.15, -0.1) is 0 Å². The first-order valence-corrected chi connectivity index (χ1v) is 5.96. The third-order valence-corrected chi connectivity index (χ3v) is 3.21. The van der Waals surface area contributed by atoms with Crippen LogP contribution in [0.25, 0.3) is 0 Å². The molecule has 0 spiro atoms. The molecular weight excluding hydrogens is 286 g/mol. The van der Waals surface area contributed by atoms with E-state index in [1.165, 1.54) is 0 Å². The molecule has 0 radical (unpaired) electrons. The van der Waals surface area contributed by atoms with Crippen LogP contribution in [0.3, 0.4) is 0 Å². The lowest BCUT2D eigenvalue weighted by Crippen LogP contribution is -2.42. The van der Waals surface area contributed by atoms with Gasteiger partial charge in [0.05, 0.1) is 11.4 Å². The van der Waals surface area contributed by atoms with Crippen LogP contribution >= 0.6 is 15.9 Å². The number of hydrogen-bond donors (Lipinski definition) is 2. The first-order valence-electron chi connectivity index (χ1n) is 5.17. The number of oxime groups is 1. The maximum absolute atomic E-state index is 11.7. The van der Waals surface area contributed by atoms with Gasteiger partial charge in [0.25, 0.3) is 0 Å². The molecule has 6 heteroatoms. The lowest BCUT2D eigenvalue weighted by Gasteiger charge is -2.29. The maximum Gasteiger partial charge on any atom is 0.321 e. The Balaban J connectivity index is 2.51. The first-order chi connectivity index (χ1) is 8.17. The summed E-state index contributed by atoms with van der Waals surface area (Å²) in [6, 6.07) is 5.37. The Morgan fingerprint density at radius 2 is 2.35 bits per heavy atom. The fourth-order valence-corrected chi connectivity index (χ4v) is 2.26. The van der Waals surface area contributed by atoms with Gasteiger partial charge < -0.3 is 10.5 Å². The molecule has 17 heavy (non-hydrogen) atoms. The SMILES string of the molecule is CNC(=O)N1CCC(=NO)c2cc(Br)ccc21. The number of fused-ring (bicyclic) bond motifs is 1. The van der Waals surface area contributed by atoms with Crippen LogP contribution in [0.5, 0.6) is 0 Å². The molecule has 0 saturated carbocycles. The number of benzene rings is 1. The van der Waals surface area contributed by atoms with E-state index in [1.54, 1.807) is 11.9 Å². The van der Waals surface area contributed by atoms with Gasteiger partial charge >= 0.3 is 6.03 Å². The van der Waals surface area contributed by atoms with E-state index in [-0.39, 0.29) is 6.03 Å². The summed E-state index contributed by atoms with van der Waals surface area (Å²) in [5, 5.41) is 14.8. The molecule has 1 aromatic rings. The second-order valence-electron chi connectivity index (χ2n) is 3.66. The quantitative estimate of drug-likeness (QED) is 0.569. The van der Waals surface area contributed by atoms with Gasteiger partial charge in [0.2, 0.25) is 0 Å². The van der Waals surface area contributed by atoms with Crippen molar-refractivity contribution < 1.29 is 10.0 Å². The summed E-state index contributed by atoms with van der Waals surface area (Å²) in [4.78, 5) is 13.3. The largest absolute Gasteiger partial charge is 0.411 e. The van der Waals surface area contributed by atoms with Crippen molar-refractivity contribution in [3.05, 3.63) is 28.2 Å². The number of hydrogen-bond acceptors (Lipinski definition) is 3. The van der Waals surface area contributed by atoms with E-state index in [4.69, 9.17) is 5.21 Å². The van der Waals surface area contributed by atoms with Crippen molar-refractivity contribution in [3.8, 4) is 0 Å². The van der Waals surface area contributed by atoms with Gasteiger partial charge in [-0.2, -0.15) is 0 Å². The van der Waals surface area contributed by atoms with Gasteiger partial charge in [-0.1, -0.05) is 21.1 Å². The molecule has 2 amide bonds. The highest BCUT2D eigenvalue weighted by atomic mass is 79.9. The minimum absolute atomic E-state index is 0.162. The zero-order chi connectivity index (χ0) is 12.4. The fourth-order valence-electron chi connectivity index (χ4n) is 1.90. The number of halogens is 1. The summed E-state index contributed by atoms with van der Waals surface area (Å²) < 4.78 is 0.885. The number of carbonyl (C=O) groups excluding carboxylic acids is 1.